The Hall–Kier alpha value is 0.708. The van der Waals surface area contributed by atoms with Gasteiger partial charge in [-0.1, -0.05) is 13.8 Å². The lowest BCUT2D eigenvalue weighted by Gasteiger charge is -2.30. The third-order valence-corrected chi connectivity index (χ3v) is 12.7. The highest BCUT2D eigenvalue weighted by atomic mass is 28.5. The fourth-order valence-electron chi connectivity index (χ4n) is 2.06. The second-order valence-electron chi connectivity index (χ2n) is 4.75. The Kier molecular flexibility index (Phi) is 5.81. The van der Waals surface area contributed by atoms with Gasteiger partial charge in [-0.05, 0) is 30.0 Å². The smallest absolute Gasteiger partial charge is 0.416 e. The van der Waals surface area contributed by atoms with Crippen LogP contribution in [-0.2, 0) is 17.1 Å². The topological polar surface area (TPSA) is 36.9 Å². The Labute approximate surface area is 118 Å². The minimum absolute atomic E-state index is 0.539. The summed E-state index contributed by atoms with van der Waals surface area (Å²) in [5.74, 6) is 0. The first-order chi connectivity index (χ1) is 8.67. The zero-order valence-corrected chi connectivity index (χ0v) is 15.2. The van der Waals surface area contributed by atoms with Gasteiger partial charge >= 0.3 is 8.80 Å². The molecule has 0 amide bonds. The summed E-state index contributed by atoms with van der Waals surface area (Å²) in [6.45, 7) is 8.16. The van der Waals surface area contributed by atoms with Crippen molar-refractivity contribution in [1.82, 2.24) is 0 Å². The number of fused-ring (bicyclic) bond motifs is 3. The van der Waals surface area contributed by atoms with E-state index in [0.717, 1.165) is 25.7 Å². The second-order valence-corrected chi connectivity index (χ2v) is 12.3. The van der Waals surface area contributed by atoms with Gasteiger partial charge in [0.1, 0.15) is 0 Å². The van der Waals surface area contributed by atoms with Crippen molar-refractivity contribution in [2.75, 3.05) is 13.2 Å². The molecule has 0 aromatic heterocycles. The van der Waals surface area contributed by atoms with Gasteiger partial charge in [-0.2, -0.15) is 0 Å². The van der Waals surface area contributed by atoms with Crippen LogP contribution in [0.15, 0.2) is 0 Å². The predicted octanol–water partition coefficient (Wildman–Crippen LogP) is 1.69. The van der Waals surface area contributed by atoms with Crippen molar-refractivity contribution >= 4 is 38.1 Å². The van der Waals surface area contributed by atoms with Crippen molar-refractivity contribution < 1.29 is 17.1 Å². The molecule has 0 saturated carbocycles. The number of hydrogen-bond acceptors (Lipinski definition) is 4. The average Bonchev–Trinajstić information content (AvgIpc) is 2.63. The van der Waals surface area contributed by atoms with E-state index in [1.54, 1.807) is 0 Å². The summed E-state index contributed by atoms with van der Waals surface area (Å²) >= 11 is 0. The van der Waals surface area contributed by atoms with Gasteiger partial charge in [0.05, 0.1) is 0 Å². The van der Waals surface area contributed by atoms with Crippen LogP contribution < -0.4 is 0 Å². The molecule has 8 heteroatoms. The summed E-state index contributed by atoms with van der Waals surface area (Å²) in [5.41, 5.74) is 1.87. The highest BCUT2D eigenvalue weighted by Crippen LogP contribution is 2.41. The number of rotatable bonds is 5. The van der Waals surface area contributed by atoms with Crippen molar-refractivity contribution in [3.05, 3.63) is 0 Å². The lowest BCUT2D eigenvalue weighted by atomic mass is 10.2. The summed E-state index contributed by atoms with van der Waals surface area (Å²) in [6.07, 6.45) is 0.979. The molecule has 2 aliphatic heterocycles. The Morgan fingerprint density at radius 3 is 2.28 bits per heavy atom. The molecule has 18 heavy (non-hydrogen) atoms. The Morgan fingerprint density at radius 2 is 1.67 bits per heavy atom. The minimum atomic E-state index is -2.37. The predicted molar refractivity (Wildman–Crippen MR) is 74.8 cm³/mol. The summed E-state index contributed by atoms with van der Waals surface area (Å²) in [7, 11) is -0.733. The molecule has 2 aliphatic rings. The molecule has 4 nitrogen and oxygen atoms in total. The molecule has 0 aromatic rings. The third-order valence-electron chi connectivity index (χ3n) is 3.20. The van der Waals surface area contributed by atoms with Gasteiger partial charge in [0, 0.05) is 19.3 Å². The molecule has 6 radical (unpaired) electrons. The summed E-state index contributed by atoms with van der Waals surface area (Å²) in [6, 6.07) is 0.909. The van der Waals surface area contributed by atoms with Crippen LogP contribution in [0, 0.1) is 0 Å². The van der Waals surface area contributed by atoms with Crippen molar-refractivity contribution in [2.24, 2.45) is 0 Å². The first kappa shape index (κ1) is 15.1. The summed E-state index contributed by atoms with van der Waals surface area (Å²) < 4.78 is 23.7. The van der Waals surface area contributed by atoms with Crippen LogP contribution in [-0.4, -0.2) is 51.3 Å². The number of hydrogen-bond donors (Lipinski definition) is 0. The van der Waals surface area contributed by atoms with E-state index in [9.17, 15) is 0 Å². The molecule has 2 rings (SSSR count). The van der Waals surface area contributed by atoms with Crippen molar-refractivity contribution in [1.29, 1.82) is 0 Å². The van der Waals surface area contributed by atoms with Crippen molar-refractivity contribution in [3.63, 3.8) is 0 Å². The highest BCUT2D eigenvalue weighted by Gasteiger charge is 2.49. The molecule has 2 heterocycles. The molecular formula is C10H20O4Si4. The van der Waals surface area contributed by atoms with Crippen LogP contribution >= 0.6 is 0 Å². The van der Waals surface area contributed by atoms with E-state index in [-0.39, 0.29) is 0 Å². The normalized spacial score (nSPS) is 40.5. The standard InChI is InChI=1S/C10H20O4Si4/c1-4-11-6-5-7-18-12-15-8(2)10(17-14-18)9(3)16-13-18/h8-10H,4-7H2,1-3H3. The molecule has 0 N–H and O–H groups in total. The van der Waals surface area contributed by atoms with Crippen LogP contribution in [0.2, 0.25) is 22.7 Å². The van der Waals surface area contributed by atoms with Gasteiger partial charge in [0.25, 0.3) is 0 Å². The molecule has 2 fully saturated rings. The van der Waals surface area contributed by atoms with E-state index >= 15 is 0 Å². The minimum Gasteiger partial charge on any atom is -0.416 e. The lowest BCUT2D eigenvalue weighted by molar-refractivity contribution is 0.144. The first-order valence-corrected chi connectivity index (χ1v) is 11.4. The SMILES string of the molecule is CCOCCC[Si]12O[Si]C(C)C([Si]O1)C(C)[Si]O2. The van der Waals surface area contributed by atoms with E-state index in [2.05, 4.69) is 13.8 Å². The molecule has 2 unspecified atom stereocenters. The molecule has 100 valence electrons. The zero-order valence-electron chi connectivity index (χ0n) is 11.2. The van der Waals surface area contributed by atoms with Crippen molar-refractivity contribution in [2.45, 2.75) is 49.9 Å². The molecule has 2 bridgehead atoms. The first-order valence-electron chi connectivity index (χ1n) is 6.55. The Morgan fingerprint density at radius 1 is 1.06 bits per heavy atom. The molecule has 0 aromatic carbocycles. The van der Waals surface area contributed by atoms with Crippen LogP contribution in [0.3, 0.4) is 0 Å². The average molecular weight is 317 g/mol. The van der Waals surface area contributed by atoms with E-state index in [4.69, 9.17) is 17.1 Å². The maximum Gasteiger partial charge on any atom is 0.469 e. The maximum absolute atomic E-state index is 6.12. The molecule has 2 saturated heterocycles. The van der Waals surface area contributed by atoms with Gasteiger partial charge < -0.3 is 17.1 Å². The largest absolute Gasteiger partial charge is 0.469 e. The molecule has 0 aliphatic carbocycles. The fourth-order valence-corrected chi connectivity index (χ4v) is 12.0. The fraction of sp³-hybridized carbons (Fsp3) is 1.00. The molecular weight excluding hydrogens is 296 g/mol. The number of ether oxygens (including phenoxy) is 1. The monoisotopic (exact) mass is 316 g/mol. The molecule has 2 atom stereocenters. The summed E-state index contributed by atoms with van der Waals surface area (Å²) in [4.78, 5) is 0. The third kappa shape index (κ3) is 3.63. The maximum atomic E-state index is 6.12. The van der Waals surface area contributed by atoms with Gasteiger partial charge in [0.15, 0.2) is 0 Å². The van der Waals surface area contributed by atoms with E-state index in [0.29, 0.717) is 45.9 Å². The Bertz CT molecular complexity index is 254. The van der Waals surface area contributed by atoms with Crippen LogP contribution in [0.1, 0.15) is 27.2 Å². The van der Waals surface area contributed by atoms with Crippen molar-refractivity contribution in [3.8, 4) is 0 Å². The zero-order chi connectivity index (χ0) is 13.0. The summed E-state index contributed by atoms with van der Waals surface area (Å²) in [5, 5.41) is 0. The lowest BCUT2D eigenvalue weighted by Crippen LogP contribution is -2.47. The van der Waals surface area contributed by atoms with Gasteiger partial charge in [-0.25, -0.2) is 0 Å². The highest BCUT2D eigenvalue weighted by molar-refractivity contribution is 6.76. The van der Waals surface area contributed by atoms with Gasteiger partial charge in [-0.15, -0.1) is 0 Å². The molecule has 0 spiro atoms. The van der Waals surface area contributed by atoms with Crippen LogP contribution in [0.4, 0.5) is 0 Å². The van der Waals surface area contributed by atoms with Gasteiger partial charge in [0.2, 0.25) is 29.3 Å². The second kappa shape index (κ2) is 6.93. The quantitative estimate of drug-likeness (QED) is 0.571. The van der Waals surface area contributed by atoms with Crippen LogP contribution in [0.5, 0.6) is 0 Å². The van der Waals surface area contributed by atoms with E-state index < -0.39 is 8.80 Å². The van der Waals surface area contributed by atoms with E-state index in [1.807, 2.05) is 6.92 Å². The van der Waals surface area contributed by atoms with Crippen LogP contribution in [0.25, 0.3) is 0 Å². The van der Waals surface area contributed by atoms with Gasteiger partial charge in [-0.3, -0.25) is 0 Å². The Balaban J connectivity index is 1.94. The van der Waals surface area contributed by atoms with E-state index in [1.165, 1.54) is 0 Å².